The Hall–Kier alpha value is -3.09. The SMILES string of the molecule is C=C1C(=O)[C@@]23C(OC(=O)CNC(=O)/C=C/C(=O)O)[C@@H]1CCC2C12CO[C@@]3(O)C(O)C1C(C)(C)CC[C@@H]2OC(C)=O. The maximum atomic E-state index is 14.2. The van der Waals surface area contributed by atoms with E-state index in [1.165, 1.54) is 6.92 Å². The van der Waals surface area contributed by atoms with Crippen LogP contribution in [0.2, 0.25) is 0 Å². The number of carbonyl (C=O) groups is 5. The van der Waals surface area contributed by atoms with Crippen molar-refractivity contribution in [2.24, 2.45) is 34.0 Å². The Bertz CT molecular complexity index is 1220. The zero-order chi connectivity index (χ0) is 29.4. The number of ketones is 1. The van der Waals surface area contributed by atoms with Crippen molar-refractivity contribution in [3.05, 3.63) is 24.3 Å². The van der Waals surface area contributed by atoms with Crippen molar-refractivity contribution >= 4 is 29.6 Å². The average Bonchev–Trinajstić information content (AvgIpc) is 2.98. The predicted octanol–water partition coefficient (Wildman–Crippen LogP) is 0.254. The fraction of sp³-hybridized carbons (Fsp3) is 0.679. The number of ether oxygens (including phenoxy) is 3. The third-order valence-electron chi connectivity index (χ3n) is 10.2. The smallest absolute Gasteiger partial charge is 0.328 e. The first-order valence-corrected chi connectivity index (χ1v) is 13.5. The van der Waals surface area contributed by atoms with Crippen LogP contribution in [-0.2, 0) is 38.2 Å². The van der Waals surface area contributed by atoms with Crippen LogP contribution in [0, 0.1) is 34.0 Å². The number of Topliss-reactive ketones (excluding diaryl/α,β-unsaturated/α-hetero) is 1. The Kier molecular flexibility index (Phi) is 6.55. The van der Waals surface area contributed by atoms with E-state index in [4.69, 9.17) is 19.3 Å². The van der Waals surface area contributed by atoms with Crippen LogP contribution in [0.15, 0.2) is 24.3 Å². The summed E-state index contributed by atoms with van der Waals surface area (Å²) in [5.74, 6) is -8.52. The fourth-order valence-electron chi connectivity index (χ4n) is 8.93. The van der Waals surface area contributed by atoms with Crippen LogP contribution < -0.4 is 5.32 Å². The van der Waals surface area contributed by atoms with Crippen LogP contribution in [-0.4, -0.2) is 82.2 Å². The van der Waals surface area contributed by atoms with Crippen molar-refractivity contribution < 1.29 is 53.5 Å². The summed E-state index contributed by atoms with van der Waals surface area (Å²) in [5, 5.41) is 35.0. The van der Waals surface area contributed by atoms with Gasteiger partial charge in [-0.25, -0.2) is 4.79 Å². The summed E-state index contributed by atoms with van der Waals surface area (Å²) >= 11 is 0. The van der Waals surface area contributed by atoms with Gasteiger partial charge in [0.05, 0.1) is 6.61 Å². The van der Waals surface area contributed by atoms with Gasteiger partial charge in [-0.05, 0) is 42.6 Å². The van der Waals surface area contributed by atoms with E-state index in [9.17, 15) is 34.2 Å². The van der Waals surface area contributed by atoms with Crippen LogP contribution in [0.25, 0.3) is 0 Å². The van der Waals surface area contributed by atoms with Gasteiger partial charge in [0, 0.05) is 36.3 Å². The molecule has 9 atom stereocenters. The zero-order valence-electron chi connectivity index (χ0n) is 22.7. The van der Waals surface area contributed by atoms with E-state index in [1.54, 1.807) is 0 Å². The standard InChI is InChI=1S/C28H35NO11/c1-13-15-5-6-16-26-12-38-28(37,23(36)21(26)25(3,4)10-9-17(26)39-14(2)30)27(16,22(13)35)24(15)40-20(34)11-29-18(31)7-8-19(32)33/h7-8,15-17,21,23-24,36-37H,1,5-6,9-12H2,2-4H3,(H,29,31)(H,32,33)/b8-7+/t15-,16?,17+,21?,23?,24?,26?,27-,28+/m1/s1. The molecule has 2 aliphatic heterocycles. The number of amides is 1. The second-order valence-electron chi connectivity index (χ2n) is 12.4. The van der Waals surface area contributed by atoms with Crippen LogP contribution in [0.5, 0.6) is 0 Å². The van der Waals surface area contributed by atoms with E-state index in [1.807, 2.05) is 13.8 Å². The molecule has 2 saturated heterocycles. The van der Waals surface area contributed by atoms with Crippen LogP contribution in [0.1, 0.15) is 46.5 Å². The van der Waals surface area contributed by atoms with Crippen molar-refractivity contribution in [2.45, 2.75) is 70.6 Å². The summed E-state index contributed by atoms with van der Waals surface area (Å²) in [6.07, 6.45) is -0.300. The number of rotatable bonds is 6. The first-order valence-electron chi connectivity index (χ1n) is 13.5. The number of esters is 2. The molecule has 12 nitrogen and oxygen atoms in total. The summed E-state index contributed by atoms with van der Waals surface area (Å²) in [6, 6.07) is 0. The van der Waals surface area contributed by atoms with Crippen molar-refractivity contribution in [3.63, 3.8) is 0 Å². The van der Waals surface area contributed by atoms with Gasteiger partial charge < -0.3 is 34.8 Å². The molecule has 0 radical (unpaired) electrons. The number of hydrogen-bond donors (Lipinski definition) is 4. The first-order chi connectivity index (χ1) is 18.6. The molecule has 4 bridgehead atoms. The van der Waals surface area contributed by atoms with E-state index in [-0.39, 0.29) is 12.2 Å². The summed E-state index contributed by atoms with van der Waals surface area (Å²) in [6.45, 7) is 8.52. The van der Waals surface area contributed by atoms with Crippen molar-refractivity contribution in [2.75, 3.05) is 13.2 Å². The molecule has 4 aliphatic carbocycles. The van der Waals surface area contributed by atoms with Gasteiger partial charge in [-0.2, -0.15) is 0 Å². The molecule has 0 aromatic rings. The molecule has 5 unspecified atom stereocenters. The highest BCUT2D eigenvalue weighted by atomic mass is 16.7. The monoisotopic (exact) mass is 561 g/mol. The molecule has 2 heterocycles. The lowest BCUT2D eigenvalue weighted by atomic mass is 9.35. The lowest BCUT2D eigenvalue weighted by Crippen LogP contribution is -2.86. The summed E-state index contributed by atoms with van der Waals surface area (Å²) < 4.78 is 17.7. The second kappa shape index (κ2) is 9.22. The van der Waals surface area contributed by atoms with Crippen LogP contribution >= 0.6 is 0 Å². The first kappa shape index (κ1) is 28.4. The van der Waals surface area contributed by atoms with E-state index in [2.05, 4.69) is 11.9 Å². The number of nitrogens with one attached hydrogen (secondary N) is 1. The quantitative estimate of drug-likeness (QED) is 0.257. The molecule has 218 valence electrons. The third-order valence-corrected chi connectivity index (χ3v) is 10.2. The maximum absolute atomic E-state index is 14.2. The van der Waals surface area contributed by atoms with Gasteiger partial charge in [0.25, 0.3) is 0 Å². The molecule has 0 aromatic carbocycles. The molecule has 0 aromatic heterocycles. The highest BCUT2D eigenvalue weighted by Gasteiger charge is 2.88. The molecule has 6 rings (SSSR count). The fourth-order valence-corrected chi connectivity index (χ4v) is 8.93. The maximum Gasteiger partial charge on any atom is 0.328 e. The summed E-state index contributed by atoms with van der Waals surface area (Å²) in [4.78, 5) is 61.9. The molecular formula is C28H35NO11. The van der Waals surface area contributed by atoms with E-state index in [0.29, 0.717) is 31.8 Å². The number of carbonyl (C=O) groups excluding carboxylic acids is 4. The number of aliphatic hydroxyl groups is 2. The van der Waals surface area contributed by atoms with E-state index < -0.39 is 94.2 Å². The van der Waals surface area contributed by atoms with Gasteiger partial charge in [0.1, 0.15) is 30.3 Å². The summed E-state index contributed by atoms with van der Waals surface area (Å²) in [5.41, 5.74) is -3.32. The topological polar surface area (TPSA) is 186 Å². The van der Waals surface area contributed by atoms with Crippen molar-refractivity contribution in [1.29, 1.82) is 0 Å². The second-order valence-corrected chi connectivity index (χ2v) is 12.4. The lowest BCUT2D eigenvalue weighted by molar-refractivity contribution is -0.458. The molecule has 6 fully saturated rings. The van der Waals surface area contributed by atoms with Gasteiger partial charge in [0.2, 0.25) is 11.7 Å². The number of carboxylic acid groups (broad SMARTS) is 1. The molecule has 4 saturated carbocycles. The molecule has 6 aliphatic rings. The highest BCUT2D eigenvalue weighted by Crippen LogP contribution is 2.77. The number of fused-ring (bicyclic) bond motifs is 2. The number of carboxylic acids is 1. The Labute approximate surface area is 230 Å². The van der Waals surface area contributed by atoms with Gasteiger partial charge in [0.15, 0.2) is 5.78 Å². The van der Waals surface area contributed by atoms with Gasteiger partial charge in [-0.1, -0.05) is 20.4 Å². The molecule has 12 heteroatoms. The minimum absolute atomic E-state index is 0.0594. The Balaban J connectivity index is 1.57. The lowest BCUT2D eigenvalue weighted by Gasteiger charge is -2.74. The number of aliphatic carboxylic acids is 1. The largest absolute Gasteiger partial charge is 0.478 e. The molecule has 4 N–H and O–H groups in total. The van der Waals surface area contributed by atoms with Gasteiger partial charge in [-0.15, -0.1) is 0 Å². The van der Waals surface area contributed by atoms with Crippen LogP contribution in [0.3, 0.4) is 0 Å². The van der Waals surface area contributed by atoms with Gasteiger partial charge in [-0.3, -0.25) is 19.2 Å². The van der Waals surface area contributed by atoms with Crippen molar-refractivity contribution in [3.8, 4) is 0 Å². The Morgan fingerprint density at radius 3 is 2.50 bits per heavy atom. The summed E-state index contributed by atoms with van der Waals surface area (Å²) in [7, 11) is 0. The average molecular weight is 562 g/mol. The normalized spacial score (nSPS) is 42.6. The highest BCUT2D eigenvalue weighted by molar-refractivity contribution is 6.05. The van der Waals surface area contributed by atoms with E-state index in [0.717, 1.165) is 6.08 Å². The van der Waals surface area contributed by atoms with Gasteiger partial charge >= 0.3 is 17.9 Å². The predicted molar refractivity (Wildman–Crippen MR) is 134 cm³/mol. The minimum Gasteiger partial charge on any atom is -0.478 e. The van der Waals surface area contributed by atoms with Crippen molar-refractivity contribution in [1.82, 2.24) is 5.32 Å². The minimum atomic E-state index is -2.41. The molecule has 40 heavy (non-hydrogen) atoms. The van der Waals surface area contributed by atoms with E-state index >= 15 is 0 Å². The third kappa shape index (κ3) is 3.58. The molecular weight excluding hydrogens is 526 g/mol. The number of aliphatic hydroxyl groups excluding tert-OH is 1. The molecule has 2 spiro atoms. The Morgan fingerprint density at radius 1 is 1.15 bits per heavy atom. The number of hydrogen-bond acceptors (Lipinski definition) is 10. The Morgan fingerprint density at radius 2 is 1.85 bits per heavy atom. The molecule has 1 amide bonds. The zero-order valence-corrected chi connectivity index (χ0v) is 22.7. The van der Waals surface area contributed by atoms with Crippen LogP contribution in [0.4, 0.5) is 0 Å².